The second-order valence-corrected chi connectivity index (χ2v) is 5.86. The Kier molecular flexibility index (Phi) is 1.99. The average molecular weight is 188 g/mol. The van der Waals surface area contributed by atoms with Gasteiger partial charge in [-0.15, -0.1) is 0 Å². The summed E-state index contributed by atoms with van der Waals surface area (Å²) in [6.45, 7) is 9.30. The van der Waals surface area contributed by atoms with Gasteiger partial charge in [-0.1, -0.05) is 52.0 Å². The molecule has 0 unspecified atom stereocenters. The molecule has 0 spiro atoms. The van der Waals surface area contributed by atoms with Gasteiger partial charge in [-0.2, -0.15) is 0 Å². The third-order valence-corrected chi connectivity index (χ3v) is 3.39. The molecule has 0 saturated heterocycles. The number of benzene rings is 1. The van der Waals surface area contributed by atoms with E-state index in [4.69, 9.17) is 0 Å². The Morgan fingerprint density at radius 2 is 1.64 bits per heavy atom. The van der Waals surface area contributed by atoms with Gasteiger partial charge in [0.1, 0.15) is 0 Å². The Balaban J connectivity index is 2.50. The molecule has 2 rings (SSSR count). The summed E-state index contributed by atoms with van der Waals surface area (Å²) in [7, 11) is 0. The molecule has 76 valence electrons. The Morgan fingerprint density at radius 1 is 1.07 bits per heavy atom. The number of rotatable bonds is 1. The smallest absolute Gasteiger partial charge is 0.00717 e. The van der Waals surface area contributed by atoms with E-state index in [1.807, 2.05) is 0 Å². The first-order valence-electron chi connectivity index (χ1n) is 5.53. The summed E-state index contributed by atoms with van der Waals surface area (Å²) < 4.78 is 0. The minimum absolute atomic E-state index is 0.280. The molecule has 1 saturated carbocycles. The zero-order chi connectivity index (χ0) is 10.4. The van der Waals surface area contributed by atoms with Gasteiger partial charge in [-0.05, 0) is 34.8 Å². The summed E-state index contributed by atoms with van der Waals surface area (Å²) in [5, 5.41) is 0. The molecule has 0 nitrogen and oxygen atoms in total. The zero-order valence-electron chi connectivity index (χ0n) is 9.72. The largest absolute Gasteiger partial charge is 0.0620 e. The molecule has 0 bridgehead atoms. The fourth-order valence-electron chi connectivity index (χ4n) is 2.12. The molecular weight excluding hydrogens is 168 g/mol. The van der Waals surface area contributed by atoms with Gasteiger partial charge in [0, 0.05) is 0 Å². The van der Waals surface area contributed by atoms with Gasteiger partial charge in [0.25, 0.3) is 0 Å². The summed E-state index contributed by atoms with van der Waals surface area (Å²) in [6.07, 6.45) is 2.72. The van der Waals surface area contributed by atoms with E-state index >= 15 is 0 Å². The molecule has 1 aliphatic carbocycles. The Bertz CT molecular complexity index is 313. The SMILES string of the molecule is CC(C)(C)c1ccccc1C1(C)CC1. The maximum atomic E-state index is 2.39. The van der Waals surface area contributed by atoms with E-state index in [0.29, 0.717) is 5.41 Å². The molecule has 0 radical (unpaired) electrons. The van der Waals surface area contributed by atoms with E-state index in [0.717, 1.165) is 0 Å². The van der Waals surface area contributed by atoms with Crippen LogP contribution in [0.4, 0.5) is 0 Å². The molecule has 1 aromatic carbocycles. The zero-order valence-corrected chi connectivity index (χ0v) is 9.72. The summed E-state index contributed by atoms with van der Waals surface area (Å²) in [5.41, 5.74) is 3.87. The summed E-state index contributed by atoms with van der Waals surface area (Å²) >= 11 is 0. The van der Waals surface area contributed by atoms with E-state index < -0.39 is 0 Å². The van der Waals surface area contributed by atoms with Crippen molar-refractivity contribution in [2.75, 3.05) is 0 Å². The maximum Gasteiger partial charge on any atom is -0.00717 e. The van der Waals surface area contributed by atoms with Crippen molar-refractivity contribution < 1.29 is 0 Å². The van der Waals surface area contributed by atoms with Gasteiger partial charge >= 0.3 is 0 Å². The van der Waals surface area contributed by atoms with Gasteiger partial charge in [-0.25, -0.2) is 0 Å². The topological polar surface area (TPSA) is 0 Å². The van der Waals surface area contributed by atoms with Gasteiger partial charge < -0.3 is 0 Å². The quantitative estimate of drug-likeness (QED) is 0.624. The third kappa shape index (κ3) is 1.58. The van der Waals surface area contributed by atoms with Crippen LogP contribution in [0.25, 0.3) is 0 Å². The standard InChI is InChI=1S/C14H20/c1-13(2,3)11-7-5-6-8-12(11)14(4)9-10-14/h5-8H,9-10H2,1-4H3. The molecular formula is C14H20. The van der Waals surface area contributed by atoms with Crippen LogP contribution in [-0.4, -0.2) is 0 Å². The minimum atomic E-state index is 0.280. The monoisotopic (exact) mass is 188 g/mol. The first kappa shape index (κ1) is 9.76. The Hall–Kier alpha value is -0.780. The predicted molar refractivity (Wildman–Crippen MR) is 61.7 cm³/mol. The van der Waals surface area contributed by atoms with Crippen LogP contribution in [0.15, 0.2) is 24.3 Å². The molecule has 1 fully saturated rings. The fraction of sp³-hybridized carbons (Fsp3) is 0.571. The van der Waals surface area contributed by atoms with Crippen molar-refractivity contribution in [2.24, 2.45) is 0 Å². The second-order valence-electron chi connectivity index (χ2n) is 5.86. The van der Waals surface area contributed by atoms with E-state index in [-0.39, 0.29) is 5.41 Å². The Morgan fingerprint density at radius 3 is 2.14 bits per heavy atom. The van der Waals surface area contributed by atoms with Gasteiger partial charge in [-0.3, -0.25) is 0 Å². The third-order valence-electron chi connectivity index (χ3n) is 3.39. The van der Waals surface area contributed by atoms with Crippen LogP contribution in [0.3, 0.4) is 0 Å². The lowest BCUT2D eigenvalue weighted by Gasteiger charge is -2.25. The van der Waals surface area contributed by atoms with Crippen LogP contribution in [0.5, 0.6) is 0 Å². The fourth-order valence-corrected chi connectivity index (χ4v) is 2.12. The summed E-state index contributed by atoms with van der Waals surface area (Å²) in [6, 6.07) is 8.94. The van der Waals surface area contributed by atoms with Crippen LogP contribution in [0.2, 0.25) is 0 Å². The van der Waals surface area contributed by atoms with Crippen molar-refractivity contribution in [2.45, 2.75) is 51.4 Å². The molecule has 0 amide bonds. The van der Waals surface area contributed by atoms with E-state index in [1.165, 1.54) is 18.4 Å². The van der Waals surface area contributed by atoms with Crippen LogP contribution in [0, 0.1) is 0 Å². The second kappa shape index (κ2) is 2.85. The van der Waals surface area contributed by atoms with E-state index in [9.17, 15) is 0 Å². The first-order valence-corrected chi connectivity index (χ1v) is 5.53. The van der Waals surface area contributed by atoms with Gasteiger partial charge in [0.05, 0.1) is 0 Å². The van der Waals surface area contributed by atoms with Crippen LogP contribution in [0.1, 0.15) is 51.7 Å². The summed E-state index contributed by atoms with van der Waals surface area (Å²) in [4.78, 5) is 0. The highest BCUT2D eigenvalue weighted by molar-refractivity contribution is 5.41. The summed E-state index contributed by atoms with van der Waals surface area (Å²) in [5.74, 6) is 0. The van der Waals surface area contributed by atoms with Crippen LogP contribution < -0.4 is 0 Å². The Labute approximate surface area is 87.3 Å². The van der Waals surface area contributed by atoms with Crippen molar-refractivity contribution in [3.05, 3.63) is 35.4 Å². The highest BCUT2D eigenvalue weighted by Gasteiger charge is 2.41. The molecule has 14 heavy (non-hydrogen) atoms. The molecule has 1 aromatic rings. The average Bonchev–Trinajstić information content (AvgIpc) is 2.84. The molecule has 0 aromatic heterocycles. The van der Waals surface area contributed by atoms with Gasteiger partial charge in [0.2, 0.25) is 0 Å². The van der Waals surface area contributed by atoms with E-state index in [2.05, 4.69) is 52.0 Å². The molecule has 0 aliphatic heterocycles. The number of hydrogen-bond acceptors (Lipinski definition) is 0. The molecule has 0 atom stereocenters. The van der Waals surface area contributed by atoms with Crippen LogP contribution >= 0.6 is 0 Å². The van der Waals surface area contributed by atoms with Crippen molar-refractivity contribution in [1.82, 2.24) is 0 Å². The van der Waals surface area contributed by atoms with Crippen molar-refractivity contribution in [1.29, 1.82) is 0 Å². The highest BCUT2D eigenvalue weighted by atomic mass is 14.5. The number of hydrogen-bond donors (Lipinski definition) is 0. The first-order chi connectivity index (χ1) is 6.43. The molecule has 0 heteroatoms. The predicted octanol–water partition coefficient (Wildman–Crippen LogP) is 4.04. The lowest BCUT2D eigenvalue weighted by molar-refractivity contribution is 0.571. The van der Waals surface area contributed by atoms with Crippen molar-refractivity contribution in [3.8, 4) is 0 Å². The minimum Gasteiger partial charge on any atom is -0.0620 e. The van der Waals surface area contributed by atoms with Crippen molar-refractivity contribution >= 4 is 0 Å². The van der Waals surface area contributed by atoms with E-state index in [1.54, 1.807) is 5.56 Å². The van der Waals surface area contributed by atoms with Crippen LogP contribution in [-0.2, 0) is 10.8 Å². The molecule has 0 N–H and O–H groups in total. The lowest BCUT2D eigenvalue weighted by Crippen LogP contribution is -2.17. The highest BCUT2D eigenvalue weighted by Crippen LogP contribution is 2.50. The maximum absolute atomic E-state index is 2.39. The normalized spacial score (nSPS) is 19.4. The molecule has 1 aliphatic rings. The molecule has 0 heterocycles. The lowest BCUT2D eigenvalue weighted by atomic mass is 9.79. The van der Waals surface area contributed by atoms with Crippen molar-refractivity contribution in [3.63, 3.8) is 0 Å². The van der Waals surface area contributed by atoms with Gasteiger partial charge in [0.15, 0.2) is 0 Å².